The minimum absolute atomic E-state index is 0.0369. The molecular weight excluding hydrogens is 244 g/mol. The van der Waals surface area contributed by atoms with Crippen LogP contribution in [0.1, 0.15) is 12.0 Å². The molecule has 2 N–H and O–H groups in total. The first-order valence-electron chi connectivity index (χ1n) is 6.22. The van der Waals surface area contributed by atoms with Crippen molar-refractivity contribution >= 4 is 0 Å². The second-order valence-electron chi connectivity index (χ2n) is 4.10. The number of rotatable bonds is 9. The minimum atomic E-state index is 0.0369. The molecule has 0 saturated carbocycles. The lowest BCUT2D eigenvalue weighted by molar-refractivity contribution is 0.148. The smallest absolute Gasteiger partial charge is 0.174 e. The van der Waals surface area contributed by atoms with Crippen molar-refractivity contribution in [3.63, 3.8) is 0 Å². The van der Waals surface area contributed by atoms with Gasteiger partial charge < -0.3 is 19.9 Å². The van der Waals surface area contributed by atoms with Gasteiger partial charge in [-0.25, -0.2) is 0 Å². The highest BCUT2D eigenvalue weighted by Gasteiger charge is 2.09. The Morgan fingerprint density at radius 2 is 2.21 bits per heavy atom. The number of ether oxygens (including phenoxy) is 2. The molecule has 0 aliphatic heterocycles. The summed E-state index contributed by atoms with van der Waals surface area (Å²) in [6, 6.07) is 9.63. The molecule has 0 aliphatic rings. The summed E-state index contributed by atoms with van der Waals surface area (Å²) in [5.74, 6) is 0.705. The summed E-state index contributed by atoms with van der Waals surface area (Å²) in [5, 5.41) is 20.8. The van der Waals surface area contributed by atoms with E-state index >= 15 is 0 Å². The van der Waals surface area contributed by atoms with Gasteiger partial charge in [-0.2, -0.15) is 5.26 Å². The van der Waals surface area contributed by atoms with Crippen molar-refractivity contribution in [1.82, 2.24) is 5.32 Å². The SMILES string of the molecule is COCC(CCO)NCc1ccccc1OCC#N. The largest absolute Gasteiger partial charge is 0.478 e. The summed E-state index contributed by atoms with van der Waals surface area (Å²) in [6.45, 7) is 1.31. The summed E-state index contributed by atoms with van der Waals surface area (Å²) < 4.78 is 10.4. The van der Waals surface area contributed by atoms with Crippen molar-refractivity contribution in [3.05, 3.63) is 29.8 Å². The van der Waals surface area contributed by atoms with Gasteiger partial charge in [0.25, 0.3) is 0 Å². The molecule has 0 aliphatic carbocycles. The summed E-state index contributed by atoms with van der Waals surface area (Å²) in [5.41, 5.74) is 0.983. The zero-order valence-electron chi connectivity index (χ0n) is 11.1. The Hall–Kier alpha value is -1.61. The van der Waals surface area contributed by atoms with Crippen LogP contribution in [0, 0.1) is 11.3 Å². The zero-order valence-corrected chi connectivity index (χ0v) is 11.1. The van der Waals surface area contributed by atoms with Crippen LogP contribution in [0.5, 0.6) is 5.75 Å². The van der Waals surface area contributed by atoms with Gasteiger partial charge >= 0.3 is 0 Å². The van der Waals surface area contributed by atoms with Crippen LogP contribution in [0.25, 0.3) is 0 Å². The van der Waals surface area contributed by atoms with Crippen molar-refractivity contribution in [2.45, 2.75) is 19.0 Å². The van der Waals surface area contributed by atoms with Gasteiger partial charge in [0.1, 0.15) is 11.8 Å². The number of methoxy groups -OCH3 is 1. The van der Waals surface area contributed by atoms with Gasteiger partial charge in [-0.15, -0.1) is 0 Å². The van der Waals surface area contributed by atoms with E-state index in [2.05, 4.69) is 5.32 Å². The van der Waals surface area contributed by atoms with Gasteiger partial charge in [0, 0.05) is 31.9 Å². The maximum atomic E-state index is 8.97. The van der Waals surface area contributed by atoms with Crippen molar-refractivity contribution < 1.29 is 14.6 Å². The van der Waals surface area contributed by atoms with Crippen LogP contribution in [-0.4, -0.2) is 38.1 Å². The van der Waals surface area contributed by atoms with Crippen LogP contribution in [0.3, 0.4) is 0 Å². The molecule has 1 aromatic rings. The van der Waals surface area contributed by atoms with E-state index in [4.69, 9.17) is 19.8 Å². The molecule has 104 valence electrons. The Balaban J connectivity index is 2.57. The maximum absolute atomic E-state index is 8.97. The van der Waals surface area contributed by atoms with E-state index in [1.54, 1.807) is 7.11 Å². The Morgan fingerprint density at radius 1 is 1.42 bits per heavy atom. The molecule has 0 saturated heterocycles. The molecule has 0 fully saturated rings. The number of hydrogen-bond donors (Lipinski definition) is 2. The molecule has 5 heteroatoms. The Morgan fingerprint density at radius 3 is 2.89 bits per heavy atom. The third-order valence-corrected chi connectivity index (χ3v) is 2.69. The average molecular weight is 264 g/mol. The summed E-state index contributed by atoms with van der Waals surface area (Å²) in [4.78, 5) is 0. The molecule has 1 atom stereocenters. The third kappa shape index (κ3) is 5.71. The summed E-state index contributed by atoms with van der Waals surface area (Å²) in [6.07, 6.45) is 0.634. The fraction of sp³-hybridized carbons (Fsp3) is 0.500. The highest BCUT2D eigenvalue weighted by Crippen LogP contribution is 2.17. The van der Waals surface area contributed by atoms with Gasteiger partial charge in [0.05, 0.1) is 6.61 Å². The van der Waals surface area contributed by atoms with E-state index in [0.717, 1.165) is 5.56 Å². The quantitative estimate of drug-likeness (QED) is 0.698. The number of aliphatic hydroxyl groups excluding tert-OH is 1. The number of nitrogens with one attached hydrogen (secondary N) is 1. The molecule has 0 bridgehead atoms. The number of aliphatic hydroxyl groups is 1. The van der Waals surface area contributed by atoms with Crippen LogP contribution in [0.4, 0.5) is 0 Å². The normalized spacial score (nSPS) is 11.8. The van der Waals surface area contributed by atoms with E-state index in [-0.39, 0.29) is 19.3 Å². The van der Waals surface area contributed by atoms with Crippen molar-refractivity contribution in [2.24, 2.45) is 0 Å². The lowest BCUT2D eigenvalue weighted by atomic mass is 10.1. The molecule has 1 unspecified atom stereocenters. The zero-order chi connectivity index (χ0) is 13.9. The molecular formula is C14H20N2O3. The van der Waals surface area contributed by atoms with E-state index in [1.165, 1.54) is 0 Å². The lowest BCUT2D eigenvalue weighted by Gasteiger charge is -2.18. The third-order valence-electron chi connectivity index (χ3n) is 2.69. The number of nitrogens with zero attached hydrogens (tertiary/aromatic N) is 1. The number of benzene rings is 1. The van der Waals surface area contributed by atoms with E-state index in [1.807, 2.05) is 30.3 Å². The van der Waals surface area contributed by atoms with Gasteiger partial charge in [-0.1, -0.05) is 18.2 Å². The lowest BCUT2D eigenvalue weighted by Crippen LogP contribution is -2.33. The van der Waals surface area contributed by atoms with Crippen molar-refractivity contribution in [1.29, 1.82) is 5.26 Å². The first-order chi connectivity index (χ1) is 9.31. The monoisotopic (exact) mass is 264 g/mol. The fourth-order valence-electron chi connectivity index (χ4n) is 1.76. The van der Waals surface area contributed by atoms with Crippen LogP contribution in [0.2, 0.25) is 0 Å². The number of para-hydroxylation sites is 1. The Labute approximate surface area is 113 Å². The van der Waals surface area contributed by atoms with Crippen LogP contribution in [0.15, 0.2) is 24.3 Å². The van der Waals surface area contributed by atoms with Crippen molar-refractivity contribution in [2.75, 3.05) is 26.9 Å². The second-order valence-corrected chi connectivity index (χ2v) is 4.10. The predicted molar refractivity (Wildman–Crippen MR) is 71.8 cm³/mol. The molecule has 0 radical (unpaired) electrons. The van der Waals surface area contributed by atoms with Crippen LogP contribution >= 0.6 is 0 Å². The molecule has 0 amide bonds. The number of nitriles is 1. The predicted octanol–water partition coefficient (Wildman–Crippen LogP) is 1.08. The van der Waals surface area contributed by atoms with Crippen molar-refractivity contribution in [3.8, 4) is 11.8 Å². The molecule has 0 spiro atoms. The fourth-order valence-corrected chi connectivity index (χ4v) is 1.76. The average Bonchev–Trinajstić information content (AvgIpc) is 2.44. The first-order valence-corrected chi connectivity index (χ1v) is 6.22. The Bertz CT molecular complexity index is 398. The highest BCUT2D eigenvalue weighted by molar-refractivity contribution is 5.33. The van der Waals surface area contributed by atoms with Gasteiger partial charge in [0.2, 0.25) is 0 Å². The molecule has 5 nitrogen and oxygen atoms in total. The molecule has 0 heterocycles. The topological polar surface area (TPSA) is 74.5 Å². The maximum Gasteiger partial charge on any atom is 0.174 e. The molecule has 0 aromatic heterocycles. The summed E-state index contributed by atoms with van der Waals surface area (Å²) in [7, 11) is 1.63. The van der Waals surface area contributed by atoms with E-state index < -0.39 is 0 Å². The highest BCUT2D eigenvalue weighted by atomic mass is 16.5. The molecule has 19 heavy (non-hydrogen) atoms. The van der Waals surface area contributed by atoms with Crippen LogP contribution in [-0.2, 0) is 11.3 Å². The van der Waals surface area contributed by atoms with Gasteiger partial charge in [0.15, 0.2) is 6.61 Å². The van der Waals surface area contributed by atoms with Crippen LogP contribution < -0.4 is 10.1 Å². The number of hydrogen-bond acceptors (Lipinski definition) is 5. The summed E-state index contributed by atoms with van der Waals surface area (Å²) >= 11 is 0. The first kappa shape index (κ1) is 15.4. The van der Waals surface area contributed by atoms with E-state index in [0.29, 0.717) is 25.3 Å². The standard InChI is InChI=1S/C14H20N2O3/c1-18-11-13(6-8-17)16-10-12-4-2-3-5-14(12)19-9-7-15/h2-5,13,16-17H,6,8-11H2,1H3. The van der Waals surface area contributed by atoms with Gasteiger partial charge in [-0.05, 0) is 12.5 Å². The molecule has 1 aromatic carbocycles. The Kier molecular flexibility index (Phi) is 7.59. The van der Waals surface area contributed by atoms with E-state index in [9.17, 15) is 0 Å². The second kappa shape index (κ2) is 9.34. The van der Waals surface area contributed by atoms with Gasteiger partial charge in [-0.3, -0.25) is 0 Å². The molecule has 1 rings (SSSR count). The minimum Gasteiger partial charge on any atom is -0.478 e.